The van der Waals surface area contributed by atoms with Gasteiger partial charge in [0.05, 0.1) is 0 Å². The number of ketones is 1. The van der Waals surface area contributed by atoms with E-state index in [0.29, 0.717) is 0 Å². The molecule has 0 saturated heterocycles. The van der Waals surface area contributed by atoms with E-state index in [1.807, 2.05) is 24.3 Å². The third kappa shape index (κ3) is 3.21. The molecule has 0 fully saturated rings. The van der Waals surface area contributed by atoms with Crippen LogP contribution in [0.25, 0.3) is 0 Å². The zero-order chi connectivity index (χ0) is 10.4. The normalized spacial score (nSPS) is 9.86. The predicted octanol–water partition coefficient (Wildman–Crippen LogP) is 3.10. The Morgan fingerprint density at radius 3 is 2.86 bits per heavy atom. The lowest BCUT2D eigenvalue weighted by Crippen LogP contribution is -2.02. The second-order valence-corrected chi connectivity index (χ2v) is 3.42. The summed E-state index contributed by atoms with van der Waals surface area (Å²) in [5.41, 5.74) is 1.80. The van der Waals surface area contributed by atoms with Gasteiger partial charge in [0.2, 0.25) is 0 Å². The van der Waals surface area contributed by atoms with E-state index in [1.54, 1.807) is 6.92 Å². The number of nitrogens with one attached hydrogen (secondary N) is 1. The van der Waals surface area contributed by atoms with Gasteiger partial charge in [0, 0.05) is 17.8 Å². The van der Waals surface area contributed by atoms with E-state index in [2.05, 4.69) is 12.2 Å². The van der Waals surface area contributed by atoms with Crippen molar-refractivity contribution in [3.8, 4) is 0 Å². The molecule has 0 unspecified atom stereocenters. The Hall–Kier alpha value is -1.31. The van der Waals surface area contributed by atoms with Crippen molar-refractivity contribution in [1.82, 2.24) is 0 Å². The largest absolute Gasteiger partial charge is 0.385 e. The number of benzene rings is 1. The Balaban J connectivity index is 2.59. The number of hydrogen-bond donors (Lipinski definition) is 1. The number of carbonyl (C=O) groups is 1. The average Bonchev–Trinajstić information content (AvgIpc) is 2.19. The molecule has 76 valence electrons. The van der Waals surface area contributed by atoms with E-state index < -0.39 is 0 Å². The van der Waals surface area contributed by atoms with Crippen molar-refractivity contribution < 1.29 is 4.79 Å². The first-order valence-corrected chi connectivity index (χ1v) is 5.09. The van der Waals surface area contributed by atoms with Gasteiger partial charge in [-0.3, -0.25) is 4.79 Å². The van der Waals surface area contributed by atoms with Crippen LogP contribution in [0.2, 0.25) is 0 Å². The standard InChI is InChI=1S/C12H17NO/c1-3-4-8-13-12-7-5-6-11(9-12)10(2)14/h5-7,9,13H,3-4,8H2,1-2H3. The third-order valence-corrected chi connectivity index (χ3v) is 2.13. The van der Waals surface area contributed by atoms with E-state index in [9.17, 15) is 4.79 Å². The molecule has 0 atom stereocenters. The molecule has 1 N–H and O–H groups in total. The molecule has 2 nitrogen and oxygen atoms in total. The third-order valence-electron chi connectivity index (χ3n) is 2.13. The van der Waals surface area contributed by atoms with Crippen molar-refractivity contribution >= 4 is 11.5 Å². The molecule has 1 rings (SSSR count). The Bertz CT molecular complexity index is 307. The van der Waals surface area contributed by atoms with Crippen molar-refractivity contribution in [3.05, 3.63) is 29.8 Å². The highest BCUT2D eigenvalue weighted by Crippen LogP contribution is 2.11. The summed E-state index contributed by atoms with van der Waals surface area (Å²) in [5, 5.41) is 3.29. The van der Waals surface area contributed by atoms with Crippen molar-refractivity contribution in [2.24, 2.45) is 0 Å². The summed E-state index contributed by atoms with van der Waals surface area (Å²) < 4.78 is 0. The van der Waals surface area contributed by atoms with Crippen LogP contribution in [0.15, 0.2) is 24.3 Å². The Morgan fingerprint density at radius 2 is 2.21 bits per heavy atom. The molecule has 1 aromatic carbocycles. The molecule has 0 bridgehead atoms. The molecule has 1 aromatic rings. The van der Waals surface area contributed by atoms with Gasteiger partial charge in [-0.15, -0.1) is 0 Å². The summed E-state index contributed by atoms with van der Waals surface area (Å²) in [6.07, 6.45) is 2.34. The first-order valence-electron chi connectivity index (χ1n) is 5.09. The molecule has 0 saturated carbocycles. The minimum Gasteiger partial charge on any atom is -0.385 e. The second-order valence-electron chi connectivity index (χ2n) is 3.42. The number of rotatable bonds is 5. The zero-order valence-electron chi connectivity index (χ0n) is 8.84. The fraction of sp³-hybridized carbons (Fsp3) is 0.417. The molecule has 2 heteroatoms. The SMILES string of the molecule is CCCCNc1cccc(C(C)=O)c1. The van der Waals surface area contributed by atoms with Crippen LogP contribution in [-0.2, 0) is 0 Å². The van der Waals surface area contributed by atoms with Crippen LogP contribution in [0.1, 0.15) is 37.0 Å². The molecule has 0 radical (unpaired) electrons. The minimum absolute atomic E-state index is 0.115. The predicted molar refractivity (Wildman–Crippen MR) is 59.8 cm³/mol. The van der Waals surface area contributed by atoms with E-state index in [-0.39, 0.29) is 5.78 Å². The van der Waals surface area contributed by atoms with Crippen LogP contribution in [0.3, 0.4) is 0 Å². The van der Waals surface area contributed by atoms with Gasteiger partial charge in [-0.2, -0.15) is 0 Å². The Morgan fingerprint density at radius 1 is 1.43 bits per heavy atom. The van der Waals surface area contributed by atoms with Gasteiger partial charge in [0.1, 0.15) is 0 Å². The summed E-state index contributed by atoms with van der Waals surface area (Å²) in [4.78, 5) is 11.1. The summed E-state index contributed by atoms with van der Waals surface area (Å²) in [5.74, 6) is 0.115. The second kappa shape index (κ2) is 5.43. The van der Waals surface area contributed by atoms with Gasteiger partial charge < -0.3 is 5.32 Å². The number of Topliss-reactive ketones (excluding diaryl/α,β-unsaturated/α-hetero) is 1. The van der Waals surface area contributed by atoms with Gasteiger partial charge in [-0.05, 0) is 25.5 Å². The van der Waals surface area contributed by atoms with Gasteiger partial charge >= 0.3 is 0 Å². The highest BCUT2D eigenvalue weighted by molar-refractivity contribution is 5.94. The minimum atomic E-state index is 0.115. The smallest absolute Gasteiger partial charge is 0.159 e. The molecule has 14 heavy (non-hydrogen) atoms. The average molecular weight is 191 g/mol. The van der Waals surface area contributed by atoms with Crippen molar-refractivity contribution in [3.63, 3.8) is 0 Å². The van der Waals surface area contributed by atoms with E-state index >= 15 is 0 Å². The Labute approximate surface area is 85.3 Å². The van der Waals surface area contributed by atoms with Gasteiger partial charge in [0.25, 0.3) is 0 Å². The Kier molecular flexibility index (Phi) is 4.17. The molecule has 0 aliphatic heterocycles. The maximum atomic E-state index is 11.1. The summed E-state index contributed by atoms with van der Waals surface area (Å²) in [6, 6.07) is 7.64. The van der Waals surface area contributed by atoms with Crippen molar-refractivity contribution in [1.29, 1.82) is 0 Å². The van der Waals surface area contributed by atoms with Crippen molar-refractivity contribution in [2.45, 2.75) is 26.7 Å². The highest BCUT2D eigenvalue weighted by atomic mass is 16.1. The topological polar surface area (TPSA) is 29.1 Å². The highest BCUT2D eigenvalue weighted by Gasteiger charge is 1.99. The monoisotopic (exact) mass is 191 g/mol. The summed E-state index contributed by atoms with van der Waals surface area (Å²) in [7, 11) is 0. The van der Waals surface area contributed by atoms with E-state index in [1.165, 1.54) is 6.42 Å². The lowest BCUT2D eigenvalue weighted by Gasteiger charge is -2.06. The fourth-order valence-electron chi connectivity index (χ4n) is 1.26. The maximum Gasteiger partial charge on any atom is 0.159 e. The van der Waals surface area contributed by atoms with E-state index in [0.717, 1.165) is 24.2 Å². The zero-order valence-corrected chi connectivity index (χ0v) is 8.84. The van der Waals surface area contributed by atoms with Gasteiger partial charge in [-0.1, -0.05) is 25.5 Å². The molecular formula is C12H17NO. The number of unbranched alkanes of at least 4 members (excludes halogenated alkanes) is 1. The molecule has 0 aromatic heterocycles. The number of carbonyl (C=O) groups excluding carboxylic acids is 1. The lowest BCUT2D eigenvalue weighted by atomic mass is 10.1. The number of hydrogen-bond acceptors (Lipinski definition) is 2. The molecule has 0 aliphatic rings. The van der Waals surface area contributed by atoms with Crippen LogP contribution in [-0.4, -0.2) is 12.3 Å². The van der Waals surface area contributed by atoms with Crippen LogP contribution < -0.4 is 5.32 Å². The van der Waals surface area contributed by atoms with Gasteiger partial charge in [0.15, 0.2) is 5.78 Å². The fourth-order valence-corrected chi connectivity index (χ4v) is 1.26. The quantitative estimate of drug-likeness (QED) is 0.572. The summed E-state index contributed by atoms with van der Waals surface area (Å²) >= 11 is 0. The molecule has 0 aliphatic carbocycles. The number of anilines is 1. The van der Waals surface area contributed by atoms with E-state index in [4.69, 9.17) is 0 Å². The molecule has 0 amide bonds. The lowest BCUT2D eigenvalue weighted by molar-refractivity contribution is 0.101. The van der Waals surface area contributed by atoms with Crippen molar-refractivity contribution in [2.75, 3.05) is 11.9 Å². The molecule has 0 spiro atoms. The molecule has 0 heterocycles. The van der Waals surface area contributed by atoms with Gasteiger partial charge in [-0.25, -0.2) is 0 Å². The molecular weight excluding hydrogens is 174 g/mol. The first kappa shape index (κ1) is 10.8. The van der Waals surface area contributed by atoms with Crippen LogP contribution in [0, 0.1) is 0 Å². The summed E-state index contributed by atoms with van der Waals surface area (Å²) in [6.45, 7) is 4.72. The first-order chi connectivity index (χ1) is 6.74. The van der Waals surface area contributed by atoms with Crippen LogP contribution >= 0.6 is 0 Å². The maximum absolute atomic E-state index is 11.1. The van der Waals surface area contributed by atoms with Crippen LogP contribution in [0.4, 0.5) is 5.69 Å². The van der Waals surface area contributed by atoms with Crippen LogP contribution in [0.5, 0.6) is 0 Å².